The first-order valence-electron chi connectivity index (χ1n) is 8.79. The molecule has 3 heterocycles. The molecule has 0 N–H and O–H groups in total. The standard InChI is InChI=1S/C18H18FN3O3/c19-12-4-1-3-11-9-14(24-15(11)12)18(23)22-8-2-5-13(22)16-20-17(25-21-16)10-6-7-10/h1,3-4,10,13-14H,2,5-9H2/t13-,14-/m1/s1. The second-order valence-corrected chi connectivity index (χ2v) is 6.99. The number of likely N-dealkylation sites (tertiary alicyclic amines) is 1. The molecule has 0 spiro atoms. The second kappa shape index (κ2) is 5.54. The van der Waals surface area contributed by atoms with Crippen LogP contribution in [0.5, 0.6) is 5.75 Å². The van der Waals surface area contributed by atoms with Gasteiger partial charge in [-0.05, 0) is 31.7 Å². The van der Waals surface area contributed by atoms with Crippen LogP contribution in [0, 0.1) is 5.82 Å². The lowest BCUT2D eigenvalue weighted by atomic mass is 10.1. The van der Waals surface area contributed by atoms with Gasteiger partial charge in [-0.1, -0.05) is 17.3 Å². The molecule has 2 aliphatic heterocycles. The first-order valence-corrected chi connectivity index (χ1v) is 8.79. The number of halogens is 1. The van der Waals surface area contributed by atoms with Gasteiger partial charge in [0.1, 0.15) is 0 Å². The summed E-state index contributed by atoms with van der Waals surface area (Å²) < 4.78 is 24.8. The molecule has 3 aliphatic rings. The van der Waals surface area contributed by atoms with E-state index in [1.54, 1.807) is 17.0 Å². The lowest BCUT2D eigenvalue weighted by molar-refractivity contribution is -0.139. The molecule has 7 heteroatoms. The van der Waals surface area contributed by atoms with Gasteiger partial charge in [-0.15, -0.1) is 0 Å². The van der Waals surface area contributed by atoms with Gasteiger partial charge in [0.05, 0.1) is 6.04 Å². The fourth-order valence-electron chi connectivity index (χ4n) is 3.73. The van der Waals surface area contributed by atoms with Crippen molar-refractivity contribution in [1.29, 1.82) is 0 Å². The first kappa shape index (κ1) is 14.9. The van der Waals surface area contributed by atoms with Gasteiger partial charge in [0.25, 0.3) is 5.91 Å². The number of fused-ring (bicyclic) bond motifs is 1. The molecule has 2 atom stereocenters. The molecule has 6 nitrogen and oxygen atoms in total. The maximum absolute atomic E-state index is 13.8. The summed E-state index contributed by atoms with van der Waals surface area (Å²) in [7, 11) is 0. The smallest absolute Gasteiger partial charge is 0.264 e. The third kappa shape index (κ3) is 2.49. The fraction of sp³-hybridized carbons (Fsp3) is 0.500. The van der Waals surface area contributed by atoms with E-state index in [1.165, 1.54) is 6.07 Å². The van der Waals surface area contributed by atoms with Crippen molar-refractivity contribution in [3.05, 3.63) is 41.3 Å². The van der Waals surface area contributed by atoms with Gasteiger partial charge < -0.3 is 14.2 Å². The highest BCUT2D eigenvalue weighted by molar-refractivity contribution is 5.83. The Bertz CT molecular complexity index is 833. The minimum Gasteiger partial charge on any atom is -0.477 e. The molecule has 1 amide bonds. The van der Waals surface area contributed by atoms with E-state index in [1.807, 2.05) is 0 Å². The molecule has 0 bridgehead atoms. The Kier molecular flexibility index (Phi) is 3.29. The fourth-order valence-corrected chi connectivity index (χ4v) is 3.73. The van der Waals surface area contributed by atoms with E-state index in [0.29, 0.717) is 30.6 Å². The first-order chi connectivity index (χ1) is 12.2. The molecule has 5 rings (SSSR count). The number of para-hydroxylation sites is 1. The number of benzene rings is 1. The molecular formula is C18H18FN3O3. The highest BCUT2D eigenvalue weighted by Gasteiger charge is 2.41. The Balaban J connectivity index is 1.35. The second-order valence-electron chi connectivity index (χ2n) is 6.99. The number of amides is 1. The van der Waals surface area contributed by atoms with Crippen molar-refractivity contribution in [3.8, 4) is 5.75 Å². The summed E-state index contributed by atoms with van der Waals surface area (Å²) in [6.07, 6.45) is 3.60. The molecule has 25 heavy (non-hydrogen) atoms. The normalized spacial score (nSPS) is 25.1. The van der Waals surface area contributed by atoms with Crippen LogP contribution in [0.25, 0.3) is 0 Å². The number of ether oxygens (including phenoxy) is 1. The van der Waals surface area contributed by atoms with Crippen molar-refractivity contribution in [2.24, 2.45) is 0 Å². The van der Waals surface area contributed by atoms with Crippen LogP contribution in [-0.2, 0) is 11.2 Å². The summed E-state index contributed by atoms with van der Waals surface area (Å²) in [5, 5.41) is 4.09. The Labute approximate surface area is 144 Å². The molecular weight excluding hydrogens is 325 g/mol. The third-order valence-electron chi connectivity index (χ3n) is 5.21. The number of rotatable bonds is 3. The average molecular weight is 343 g/mol. The maximum Gasteiger partial charge on any atom is 0.264 e. The molecule has 1 saturated carbocycles. The van der Waals surface area contributed by atoms with Crippen molar-refractivity contribution in [2.75, 3.05) is 6.54 Å². The van der Waals surface area contributed by atoms with E-state index in [0.717, 1.165) is 31.2 Å². The Morgan fingerprint density at radius 2 is 2.16 bits per heavy atom. The summed E-state index contributed by atoms with van der Waals surface area (Å²) in [5.41, 5.74) is 0.740. The van der Waals surface area contributed by atoms with E-state index in [-0.39, 0.29) is 17.7 Å². The van der Waals surface area contributed by atoms with Crippen molar-refractivity contribution in [2.45, 2.75) is 50.2 Å². The van der Waals surface area contributed by atoms with E-state index in [2.05, 4.69) is 10.1 Å². The minimum atomic E-state index is -0.678. The molecule has 1 aliphatic carbocycles. The zero-order chi connectivity index (χ0) is 17.0. The van der Waals surface area contributed by atoms with Crippen LogP contribution < -0.4 is 4.74 Å². The summed E-state index contributed by atoms with van der Waals surface area (Å²) in [4.78, 5) is 19.2. The van der Waals surface area contributed by atoms with Gasteiger partial charge >= 0.3 is 0 Å². The van der Waals surface area contributed by atoms with Gasteiger partial charge in [-0.2, -0.15) is 4.98 Å². The van der Waals surface area contributed by atoms with Gasteiger partial charge in [-0.25, -0.2) is 4.39 Å². The third-order valence-corrected chi connectivity index (χ3v) is 5.21. The Hall–Kier alpha value is -2.44. The molecule has 2 fully saturated rings. The highest BCUT2D eigenvalue weighted by atomic mass is 19.1. The molecule has 0 radical (unpaired) electrons. The highest BCUT2D eigenvalue weighted by Crippen LogP contribution is 2.41. The summed E-state index contributed by atoms with van der Waals surface area (Å²) in [6, 6.07) is 4.61. The van der Waals surface area contributed by atoms with Crippen LogP contribution in [0.3, 0.4) is 0 Å². The largest absolute Gasteiger partial charge is 0.477 e. The number of carbonyl (C=O) groups excluding carboxylic acids is 1. The van der Waals surface area contributed by atoms with Crippen molar-refractivity contribution >= 4 is 5.91 Å². The summed E-state index contributed by atoms with van der Waals surface area (Å²) in [6.45, 7) is 0.634. The van der Waals surface area contributed by atoms with Gasteiger partial charge in [0.15, 0.2) is 23.5 Å². The molecule has 0 unspecified atom stereocenters. The quantitative estimate of drug-likeness (QED) is 0.857. The van der Waals surface area contributed by atoms with Crippen LogP contribution in [0.15, 0.2) is 22.7 Å². The van der Waals surface area contributed by atoms with Crippen molar-refractivity contribution < 1.29 is 18.4 Å². The van der Waals surface area contributed by atoms with Crippen LogP contribution in [-0.4, -0.2) is 33.6 Å². The lowest BCUT2D eigenvalue weighted by Crippen LogP contribution is -2.41. The Morgan fingerprint density at radius 3 is 2.96 bits per heavy atom. The van der Waals surface area contributed by atoms with Gasteiger partial charge in [0.2, 0.25) is 5.89 Å². The zero-order valence-corrected chi connectivity index (χ0v) is 13.7. The SMILES string of the molecule is O=C([C@H]1Cc2cccc(F)c2O1)N1CCC[C@@H]1c1noc(C2CC2)n1. The predicted octanol–water partition coefficient (Wildman–Crippen LogP) is 2.75. The maximum atomic E-state index is 13.8. The van der Waals surface area contributed by atoms with Crippen LogP contribution >= 0.6 is 0 Å². The van der Waals surface area contributed by atoms with E-state index < -0.39 is 11.9 Å². The van der Waals surface area contributed by atoms with E-state index in [4.69, 9.17) is 9.26 Å². The van der Waals surface area contributed by atoms with E-state index >= 15 is 0 Å². The van der Waals surface area contributed by atoms with Gasteiger partial charge in [0, 0.05) is 24.4 Å². The monoisotopic (exact) mass is 343 g/mol. The number of nitrogens with zero attached hydrogens (tertiary/aromatic N) is 3. The lowest BCUT2D eigenvalue weighted by Gasteiger charge is -2.25. The van der Waals surface area contributed by atoms with Crippen LogP contribution in [0.1, 0.15) is 54.9 Å². The number of aromatic nitrogens is 2. The average Bonchev–Trinajstić information content (AvgIpc) is 3.06. The van der Waals surface area contributed by atoms with Crippen molar-refractivity contribution in [1.82, 2.24) is 15.0 Å². The topological polar surface area (TPSA) is 68.5 Å². The number of hydrogen-bond acceptors (Lipinski definition) is 5. The predicted molar refractivity (Wildman–Crippen MR) is 84.5 cm³/mol. The van der Waals surface area contributed by atoms with Gasteiger partial charge in [-0.3, -0.25) is 4.79 Å². The van der Waals surface area contributed by atoms with Crippen molar-refractivity contribution in [3.63, 3.8) is 0 Å². The van der Waals surface area contributed by atoms with Crippen LogP contribution in [0.2, 0.25) is 0 Å². The van der Waals surface area contributed by atoms with E-state index in [9.17, 15) is 9.18 Å². The molecule has 2 aromatic rings. The molecule has 1 aromatic heterocycles. The number of carbonyl (C=O) groups is 1. The molecule has 1 saturated heterocycles. The zero-order valence-electron chi connectivity index (χ0n) is 13.7. The number of hydrogen-bond donors (Lipinski definition) is 0. The molecule has 130 valence electrons. The minimum absolute atomic E-state index is 0.129. The molecule has 1 aromatic carbocycles. The van der Waals surface area contributed by atoms with Crippen LogP contribution in [0.4, 0.5) is 4.39 Å². The summed E-state index contributed by atoms with van der Waals surface area (Å²) in [5.74, 6) is 1.30. The Morgan fingerprint density at radius 1 is 1.28 bits per heavy atom. The summed E-state index contributed by atoms with van der Waals surface area (Å²) >= 11 is 0.